The van der Waals surface area contributed by atoms with Gasteiger partial charge in [0, 0.05) is 6.04 Å². The van der Waals surface area contributed by atoms with E-state index >= 15 is 0 Å². The summed E-state index contributed by atoms with van der Waals surface area (Å²) in [4.78, 5) is 0. The van der Waals surface area contributed by atoms with Crippen LogP contribution in [0.1, 0.15) is 31.3 Å². The Kier molecular flexibility index (Phi) is 2.27. The predicted octanol–water partition coefficient (Wildman–Crippen LogP) is 2.24. The fourth-order valence-corrected chi connectivity index (χ4v) is 1.12. The van der Waals surface area contributed by atoms with Crippen molar-refractivity contribution in [2.75, 3.05) is 0 Å². The zero-order valence-electron chi connectivity index (χ0n) is 7.13. The third kappa shape index (κ3) is 1.59. The van der Waals surface area contributed by atoms with E-state index in [4.69, 9.17) is 0 Å². The molecule has 0 amide bonds. The molecule has 62 valence electrons. The molecule has 2 nitrogen and oxygen atoms in total. The van der Waals surface area contributed by atoms with Crippen molar-refractivity contribution < 1.29 is 4.39 Å². The van der Waals surface area contributed by atoms with Gasteiger partial charge in [-0.2, -0.15) is 5.10 Å². The summed E-state index contributed by atoms with van der Waals surface area (Å²) in [6.07, 6.45) is 0. The molecule has 0 aliphatic carbocycles. The van der Waals surface area contributed by atoms with Crippen LogP contribution in [0.3, 0.4) is 0 Å². The van der Waals surface area contributed by atoms with Crippen molar-refractivity contribution in [1.82, 2.24) is 9.78 Å². The molecule has 0 aliphatic rings. The van der Waals surface area contributed by atoms with Crippen LogP contribution in [0.2, 0.25) is 0 Å². The first-order chi connectivity index (χ1) is 5.15. The largest absolute Gasteiger partial charge is 0.264 e. The van der Waals surface area contributed by atoms with E-state index in [1.54, 1.807) is 10.7 Å². The minimum atomic E-state index is -0.432. The van der Waals surface area contributed by atoms with Gasteiger partial charge in [-0.05, 0) is 26.8 Å². The molecule has 0 saturated carbocycles. The summed E-state index contributed by atoms with van der Waals surface area (Å²) in [6.45, 7) is 5.42. The van der Waals surface area contributed by atoms with Gasteiger partial charge < -0.3 is 0 Å². The molecule has 0 atom stereocenters. The quantitative estimate of drug-likeness (QED) is 0.642. The van der Waals surface area contributed by atoms with Gasteiger partial charge in [0.2, 0.25) is 0 Å². The maximum Gasteiger partial charge on any atom is 0.131 e. The van der Waals surface area contributed by atoms with E-state index in [1.807, 2.05) is 20.8 Å². The topological polar surface area (TPSA) is 17.8 Å². The SMILES string of the molecule is Cc1cc(CF)n(C(C)C)n1. The lowest BCUT2D eigenvalue weighted by Gasteiger charge is -2.07. The lowest BCUT2D eigenvalue weighted by Crippen LogP contribution is -2.06. The van der Waals surface area contributed by atoms with Crippen molar-refractivity contribution in [3.63, 3.8) is 0 Å². The first kappa shape index (κ1) is 8.24. The average molecular weight is 156 g/mol. The van der Waals surface area contributed by atoms with E-state index < -0.39 is 6.67 Å². The first-order valence-corrected chi connectivity index (χ1v) is 3.76. The number of alkyl halides is 1. The van der Waals surface area contributed by atoms with Gasteiger partial charge in [0.05, 0.1) is 11.4 Å². The normalized spacial score (nSPS) is 11.0. The van der Waals surface area contributed by atoms with Crippen molar-refractivity contribution in [3.8, 4) is 0 Å². The van der Waals surface area contributed by atoms with E-state index in [-0.39, 0.29) is 6.04 Å². The average Bonchev–Trinajstić information content (AvgIpc) is 2.30. The Morgan fingerprint density at radius 2 is 2.27 bits per heavy atom. The Labute approximate surface area is 66.0 Å². The summed E-state index contributed by atoms with van der Waals surface area (Å²) in [7, 11) is 0. The van der Waals surface area contributed by atoms with Crippen molar-refractivity contribution in [2.24, 2.45) is 0 Å². The number of nitrogens with zero attached hydrogens (tertiary/aromatic N) is 2. The molecule has 0 saturated heterocycles. The molecule has 0 N–H and O–H groups in total. The lowest BCUT2D eigenvalue weighted by atomic mass is 10.3. The standard InChI is InChI=1S/C8H13FN2/c1-6(2)11-8(5-9)4-7(3)10-11/h4,6H,5H2,1-3H3. The molecule has 0 aliphatic heterocycles. The van der Waals surface area contributed by atoms with Gasteiger partial charge >= 0.3 is 0 Å². The Morgan fingerprint density at radius 3 is 2.64 bits per heavy atom. The highest BCUT2D eigenvalue weighted by molar-refractivity contribution is 5.08. The van der Waals surface area contributed by atoms with Gasteiger partial charge in [0.1, 0.15) is 6.67 Å². The summed E-state index contributed by atoms with van der Waals surface area (Å²) in [6, 6.07) is 2.02. The molecule has 1 aromatic heterocycles. The second-order valence-electron chi connectivity index (χ2n) is 2.95. The summed E-state index contributed by atoms with van der Waals surface area (Å²) in [5.74, 6) is 0. The minimum Gasteiger partial charge on any atom is -0.264 e. The Morgan fingerprint density at radius 1 is 1.64 bits per heavy atom. The zero-order valence-corrected chi connectivity index (χ0v) is 7.13. The highest BCUT2D eigenvalue weighted by Crippen LogP contribution is 2.11. The van der Waals surface area contributed by atoms with E-state index in [9.17, 15) is 4.39 Å². The molecule has 0 unspecified atom stereocenters. The summed E-state index contributed by atoms with van der Waals surface area (Å²) >= 11 is 0. The van der Waals surface area contributed by atoms with Gasteiger partial charge in [0.15, 0.2) is 0 Å². The van der Waals surface area contributed by atoms with Crippen LogP contribution < -0.4 is 0 Å². The Balaban J connectivity index is 3.02. The van der Waals surface area contributed by atoms with Crippen LogP contribution in [0.4, 0.5) is 4.39 Å². The van der Waals surface area contributed by atoms with E-state index in [1.165, 1.54) is 0 Å². The fraction of sp³-hybridized carbons (Fsp3) is 0.625. The third-order valence-electron chi connectivity index (χ3n) is 1.56. The van der Waals surface area contributed by atoms with Gasteiger partial charge in [-0.3, -0.25) is 4.68 Å². The highest BCUT2D eigenvalue weighted by atomic mass is 19.1. The monoisotopic (exact) mass is 156 g/mol. The molecule has 1 rings (SSSR count). The second-order valence-corrected chi connectivity index (χ2v) is 2.95. The van der Waals surface area contributed by atoms with Gasteiger partial charge in [-0.15, -0.1) is 0 Å². The Bertz CT molecular complexity index is 240. The maximum absolute atomic E-state index is 12.3. The molecule has 1 heterocycles. The van der Waals surface area contributed by atoms with E-state index in [0.717, 1.165) is 5.69 Å². The number of rotatable bonds is 2. The van der Waals surface area contributed by atoms with E-state index in [0.29, 0.717) is 5.69 Å². The van der Waals surface area contributed by atoms with Crippen LogP contribution in [0.25, 0.3) is 0 Å². The lowest BCUT2D eigenvalue weighted by molar-refractivity contribution is 0.422. The molecule has 0 aromatic carbocycles. The highest BCUT2D eigenvalue weighted by Gasteiger charge is 2.06. The molecule has 0 fully saturated rings. The minimum absolute atomic E-state index is 0.245. The smallest absolute Gasteiger partial charge is 0.131 e. The number of halogens is 1. The maximum atomic E-state index is 12.3. The van der Waals surface area contributed by atoms with Crippen LogP contribution in [0.15, 0.2) is 6.07 Å². The van der Waals surface area contributed by atoms with Gasteiger partial charge in [0.25, 0.3) is 0 Å². The van der Waals surface area contributed by atoms with Crippen molar-refractivity contribution in [1.29, 1.82) is 0 Å². The molecule has 11 heavy (non-hydrogen) atoms. The third-order valence-corrected chi connectivity index (χ3v) is 1.56. The molecular formula is C8H13FN2. The van der Waals surface area contributed by atoms with Crippen LogP contribution in [0.5, 0.6) is 0 Å². The fourth-order valence-electron chi connectivity index (χ4n) is 1.12. The summed E-state index contributed by atoms with van der Waals surface area (Å²) in [5.41, 5.74) is 1.55. The molecule has 3 heteroatoms. The van der Waals surface area contributed by atoms with Crippen molar-refractivity contribution in [3.05, 3.63) is 17.5 Å². The molecule has 0 spiro atoms. The number of aryl methyl sites for hydroxylation is 1. The first-order valence-electron chi connectivity index (χ1n) is 3.76. The van der Waals surface area contributed by atoms with Gasteiger partial charge in [-0.25, -0.2) is 4.39 Å². The zero-order chi connectivity index (χ0) is 8.43. The van der Waals surface area contributed by atoms with Crippen LogP contribution in [-0.2, 0) is 6.67 Å². The Hall–Kier alpha value is -0.860. The number of hydrogen-bond acceptors (Lipinski definition) is 1. The van der Waals surface area contributed by atoms with E-state index in [2.05, 4.69) is 5.10 Å². The van der Waals surface area contributed by atoms with Gasteiger partial charge in [-0.1, -0.05) is 0 Å². The number of hydrogen-bond donors (Lipinski definition) is 0. The molecule has 1 aromatic rings. The van der Waals surface area contributed by atoms with Crippen molar-refractivity contribution >= 4 is 0 Å². The molecular weight excluding hydrogens is 143 g/mol. The summed E-state index contributed by atoms with van der Waals surface area (Å²) < 4.78 is 14.0. The predicted molar refractivity (Wildman–Crippen MR) is 42.2 cm³/mol. The number of aromatic nitrogens is 2. The summed E-state index contributed by atoms with van der Waals surface area (Å²) in [5, 5.41) is 4.16. The second kappa shape index (κ2) is 3.03. The molecule has 0 radical (unpaired) electrons. The molecule has 0 bridgehead atoms. The van der Waals surface area contributed by atoms with Crippen molar-refractivity contribution in [2.45, 2.75) is 33.5 Å². The van der Waals surface area contributed by atoms with Crippen LogP contribution in [-0.4, -0.2) is 9.78 Å². The van der Waals surface area contributed by atoms with Crippen LogP contribution in [0, 0.1) is 6.92 Å². The van der Waals surface area contributed by atoms with Crippen LogP contribution >= 0.6 is 0 Å².